The first kappa shape index (κ1) is 18.4. The van der Waals surface area contributed by atoms with Crippen LogP contribution in [0, 0.1) is 0 Å². The van der Waals surface area contributed by atoms with Crippen molar-refractivity contribution in [2.45, 2.75) is 23.8 Å². The summed E-state index contributed by atoms with van der Waals surface area (Å²) in [6, 6.07) is 12.7. The molecule has 0 N–H and O–H groups in total. The molecule has 138 valence electrons. The van der Waals surface area contributed by atoms with Crippen LogP contribution in [0.5, 0.6) is 11.5 Å². The van der Waals surface area contributed by atoms with E-state index >= 15 is 0 Å². The Balaban J connectivity index is 2.00. The Morgan fingerprint density at radius 3 is 2.46 bits per heavy atom. The fourth-order valence-electron chi connectivity index (χ4n) is 3.20. The van der Waals surface area contributed by atoms with Gasteiger partial charge >= 0.3 is 0 Å². The van der Waals surface area contributed by atoms with E-state index in [-0.39, 0.29) is 16.4 Å². The maximum atomic E-state index is 13.3. The Labute approximate surface area is 153 Å². The number of hydrogen-bond acceptors (Lipinski definition) is 5. The molecule has 1 unspecified atom stereocenters. The first-order valence-electron chi connectivity index (χ1n) is 8.32. The van der Waals surface area contributed by atoms with Gasteiger partial charge in [0.15, 0.2) is 5.78 Å². The molecule has 1 fully saturated rings. The second-order valence-electron chi connectivity index (χ2n) is 6.02. The standard InChI is InChI=1S/C19H21NO5S/c1-24-15-10-11-17(25-2)18(13-15)26(22,23)20-12-6-9-16(20)19(21)14-7-4-3-5-8-14/h3-5,7-8,10-11,13,16H,6,9,12H2,1-2H3. The molecule has 0 saturated carbocycles. The first-order valence-corrected chi connectivity index (χ1v) is 9.76. The number of benzene rings is 2. The second-order valence-corrected chi connectivity index (χ2v) is 7.88. The molecule has 0 radical (unpaired) electrons. The number of nitrogens with zero attached hydrogens (tertiary/aromatic N) is 1. The predicted octanol–water partition coefficient (Wildman–Crippen LogP) is 2.74. The van der Waals surface area contributed by atoms with Gasteiger partial charge in [0.05, 0.1) is 20.3 Å². The van der Waals surface area contributed by atoms with Crippen molar-refractivity contribution >= 4 is 15.8 Å². The third kappa shape index (κ3) is 3.32. The summed E-state index contributed by atoms with van der Waals surface area (Å²) in [7, 11) is -1.03. The Morgan fingerprint density at radius 2 is 1.81 bits per heavy atom. The number of sulfonamides is 1. The van der Waals surface area contributed by atoms with Gasteiger partial charge in [0.25, 0.3) is 0 Å². The Bertz CT molecular complexity index is 895. The SMILES string of the molecule is COc1ccc(OC)c(S(=O)(=O)N2CCCC2C(=O)c2ccccc2)c1. The zero-order valence-corrected chi connectivity index (χ0v) is 15.5. The predicted molar refractivity (Wildman–Crippen MR) is 97.2 cm³/mol. The van der Waals surface area contributed by atoms with Crippen molar-refractivity contribution < 1.29 is 22.7 Å². The van der Waals surface area contributed by atoms with Crippen LogP contribution in [0.3, 0.4) is 0 Å². The minimum Gasteiger partial charge on any atom is -0.497 e. The van der Waals surface area contributed by atoms with Crippen LogP contribution in [0.4, 0.5) is 0 Å². The van der Waals surface area contributed by atoms with Gasteiger partial charge in [0.1, 0.15) is 16.4 Å². The molecular formula is C19H21NO5S. The number of hydrogen-bond donors (Lipinski definition) is 0. The van der Waals surface area contributed by atoms with Crippen molar-refractivity contribution in [1.82, 2.24) is 4.31 Å². The van der Waals surface area contributed by atoms with Crippen LogP contribution >= 0.6 is 0 Å². The van der Waals surface area contributed by atoms with Crippen molar-refractivity contribution in [2.75, 3.05) is 20.8 Å². The van der Waals surface area contributed by atoms with Crippen LogP contribution in [-0.4, -0.2) is 45.3 Å². The molecule has 3 rings (SSSR count). The molecule has 6 nitrogen and oxygen atoms in total. The van der Waals surface area contributed by atoms with Crippen LogP contribution < -0.4 is 9.47 Å². The van der Waals surface area contributed by atoms with E-state index in [1.807, 2.05) is 6.07 Å². The third-order valence-electron chi connectivity index (χ3n) is 4.52. The highest BCUT2D eigenvalue weighted by molar-refractivity contribution is 7.89. The lowest BCUT2D eigenvalue weighted by molar-refractivity contribution is 0.0918. The van der Waals surface area contributed by atoms with Gasteiger partial charge in [-0.3, -0.25) is 4.79 Å². The topological polar surface area (TPSA) is 72.9 Å². The quantitative estimate of drug-likeness (QED) is 0.726. The van der Waals surface area contributed by atoms with Gasteiger partial charge in [-0.15, -0.1) is 0 Å². The number of carbonyl (C=O) groups excluding carboxylic acids is 1. The lowest BCUT2D eigenvalue weighted by atomic mass is 10.0. The van der Waals surface area contributed by atoms with Crippen molar-refractivity contribution in [1.29, 1.82) is 0 Å². The highest BCUT2D eigenvalue weighted by atomic mass is 32.2. The monoisotopic (exact) mass is 375 g/mol. The van der Waals surface area contributed by atoms with Crippen molar-refractivity contribution in [3.05, 3.63) is 54.1 Å². The fourth-order valence-corrected chi connectivity index (χ4v) is 5.03. The van der Waals surface area contributed by atoms with Crippen LogP contribution in [0.1, 0.15) is 23.2 Å². The van der Waals surface area contributed by atoms with Gasteiger partial charge in [-0.05, 0) is 25.0 Å². The lowest BCUT2D eigenvalue weighted by Gasteiger charge is -2.24. The molecule has 2 aromatic carbocycles. The smallest absolute Gasteiger partial charge is 0.247 e. The maximum absolute atomic E-state index is 13.3. The van der Waals surface area contributed by atoms with Crippen LogP contribution in [-0.2, 0) is 10.0 Å². The summed E-state index contributed by atoms with van der Waals surface area (Å²) in [6.07, 6.45) is 1.13. The van der Waals surface area contributed by atoms with E-state index < -0.39 is 16.1 Å². The number of Topliss-reactive ketones (excluding diaryl/α,β-unsaturated/α-hetero) is 1. The fraction of sp³-hybridized carbons (Fsp3) is 0.316. The molecule has 0 bridgehead atoms. The minimum absolute atomic E-state index is 0.00658. The first-order chi connectivity index (χ1) is 12.5. The summed E-state index contributed by atoms with van der Waals surface area (Å²) in [6.45, 7) is 0.298. The maximum Gasteiger partial charge on any atom is 0.247 e. The molecule has 1 heterocycles. The molecule has 0 aliphatic carbocycles. The molecule has 1 saturated heterocycles. The number of carbonyl (C=O) groups is 1. The zero-order valence-electron chi connectivity index (χ0n) is 14.7. The molecule has 1 aliphatic heterocycles. The van der Waals surface area contributed by atoms with Crippen molar-refractivity contribution in [3.63, 3.8) is 0 Å². The van der Waals surface area contributed by atoms with Crippen LogP contribution in [0.2, 0.25) is 0 Å². The van der Waals surface area contributed by atoms with E-state index in [9.17, 15) is 13.2 Å². The van der Waals surface area contributed by atoms with E-state index in [1.54, 1.807) is 36.4 Å². The number of ketones is 1. The average molecular weight is 375 g/mol. The van der Waals surface area contributed by atoms with Crippen molar-refractivity contribution in [3.8, 4) is 11.5 Å². The van der Waals surface area contributed by atoms with Gasteiger partial charge in [-0.2, -0.15) is 4.31 Å². The summed E-state index contributed by atoms with van der Waals surface area (Å²) < 4.78 is 38.2. The molecular weight excluding hydrogens is 354 g/mol. The number of methoxy groups -OCH3 is 2. The molecule has 2 aromatic rings. The summed E-state index contributed by atoms with van der Waals surface area (Å²) in [4.78, 5) is 12.9. The zero-order chi connectivity index (χ0) is 18.7. The van der Waals surface area contributed by atoms with Gasteiger partial charge in [0, 0.05) is 18.2 Å². The molecule has 1 aliphatic rings. The van der Waals surface area contributed by atoms with Gasteiger partial charge in [-0.25, -0.2) is 8.42 Å². The molecule has 1 atom stereocenters. The van der Waals surface area contributed by atoms with Crippen molar-refractivity contribution in [2.24, 2.45) is 0 Å². The lowest BCUT2D eigenvalue weighted by Crippen LogP contribution is -2.40. The Kier molecular flexibility index (Phi) is 5.29. The van der Waals surface area contributed by atoms with Crippen LogP contribution in [0.25, 0.3) is 0 Å². The molecule has 0 spiro atoms. The van der Waals surface area contributed by atoms with Crippen LogP contribution in [0.15, 0.2) is 53.4 Å². The van der Waals surface area contributed by atoms with E-state index in [0.29, 0.717) is 30.7 Å². The molecule has 0 aromatic heterocycles. The van der Waals surface area contributed by atoms with Gasteiger partial charge < -0.3 is 9.47 Å². The number of ether oxygens (including phenoxy) is 2. The van der Waals surface area contributed by atoms with Gasteiger partial charge in [0.2, 0.25) is 10.0 Å². The summed E-state index contributed by atoms with van der Waals surface area (Å²) in [5, 5.41) is 0. The summed E-state index contributed by atoms with van der Waals surface area (Å²) in [5.41, 5.74) is 0.511. The third-order valence-corrected chi connectivity index (χ3v) is 6.45. The largest absolute Gasteiger partial charge is 0.497 e. The van der Waals surface area contributed by atoms with E-state index in [0.717, 1.165) is 0 Å². The summed E-state index contributed by atoms with van der Waals surface area (Å²) in [5.74, 6) is 0.451. The second kappa shape index (κ2) is 7.47. The van der Waals surface area contributed by atoms with E-state index in [2.05, 4.69) is 0 Å². The average Bonchev–Trinajstić information content (AvgIpc) is 3.18. The van der Waals surface area contributed by atoms with E-state index in [1.165, 1.54) is 24.6 Å². The Hall–Kier alpha value is -2.38. The highest BCUT2D eigenvalue weighted by Gasteiger charge is 2.40. The molecule has 0 amide bonds. The summed E-state index contributed by atoms with van der Waals surface area (Å²) >= 11 is 0. The van der Waals surface area contributed by atoms with Gasteiger partial charge in [-0.1, -0.05) is 30.3 Å². The normalized spacial score (nSPS) is 17.8. The van der Waals surface area contributed by atoms with E-state index in [4.69, 9.17) is 9.47 Å². The molecule has 26 heavy (non-hydrogen) atoms. The highest BCUT2D eigenvalue weighted by Crippen LogP contribution is 2.34. The Morgan fingerprint density at radius 1 is 1.08 bits per heavy atom. The number of rotatable bonds is 6. The molecule has 7 heteroatoms. The minimum atomic E-state index is -3.91.